The van der Waals surface area contributed by atoms with Gasteiger partial charge in [0.15, 0.2) is 0 Å². The molecule has 1 aromatic carbocycles. The van der Waals surface area contributed by atoms with Crippen LogP contribution in [0.15, 0.2) is 35.4 Å². The van der Waals surface area contributed by atoms with Crippen molar-refractivity contribution >= 4 is 21.7 Å². The Morgan fingerprint density at radius 1 is 1.35 bits per heavy atom. The van der Waals surface area contributed by atoms with Crippen LogP contribution in [-0.4, -0.2) is 35.8 Å². The molecule has 2 heterocycles. The highest BCUT2D eigenvalue weighted by molar-refractivity contribution is 7.92. The van der Waals surface area contributed by atoms with Crippen LogP contribution in [0.25, 0.3) is 0 Å². The van der Waals surface area contributed by atoms with Crippen molar-refractivity contribution in [2.24, 2.45) is 13.0 Å². The van der Waals surface area contributed by atoms with Gasteiger partial charge in [-0.25, -0.2) is 8.42 Å². The van der Waals surface area contributed by atoms with Gasteiger partial charge in [0.05, 0.1) is 23.5 Å². The number of rotatable bonds is 3. The standard InChI is InChI=1S/C15H17N3O4S/c1-10-14(8-16-17(10)2)23(21,22)18-9-12(15(19)20)7-11-5-3-4-6-13(11)18/h3-6,8,12H,7,9H2,1-2H3,(H,19,20). The number of aryl methyl sites for hydroxylation is 1. The van der Waals surface area contributed by atoms with E-state index < -0.39 is 21.9 Å². The molecule has 1 aliphatic rings. The zero-order valence-electron chi connectivity index (χ0n) is 12.8. The summed E-state index contributed by atoms with van der Waals surface area (Å²) in [5, 5.41) is 13.3. The largest absolute Gasteiger partial charge is 0.481 e. The Hall–Kier alpha value is -2.35. The van der Waals surface area contributed by atoms with Crippen LogP contribution in [0, 0.1) is 12.8 Å². The average Bonchev–Trinajstić information content (AvgIpc) is 2.86. The molecule has 0 amide bonds. The molecular weight excluding hydrogens is 318 g/mol. The molecule has 1 unspecified atom stereocenters. The van der Waals surface area contributed by atoms with Crippen molar-refractivity contribution in [1.82, 2.24) is 9.78 Å². The zero-order chi connectivity index (χ0) is 16.8. The Balaban J connectivity index is 2.14. The van der Waals surface area contributed by atoms with E-state index in [4.69, 9.17) is 0 Å². The van der Waals surface area contributed by atoms with E-state index >= 15 is 0 Å². The van der Waals surface area contributed by atoms with Crippen molar-refractivity contribution in [2.75, 3.05) is 10.8 Å². The van der Waals surface area contributed by atoms with Crippen LogP contribution in [0.2, 0.25) is 0 Å². The summed E-state index contributed by atoms with van der Waals surface area (Å²) in [7, 11) is -2.20. The molecule has 0 spiro atoms. The fourth-order valence-corrected chi connectivity index (χ4v) is 4.54. The van der Waals surface area contributed by atoms with Gasteiger partial charge < -0.3 is 5.11 Å². The van der Waals surface area contributed by atoms with Crippen LogP contribution in [0.5, 0.6) is 0 Å². The third-order valence-electron chi connectivity index (χ3n) is 4.22. The maximum absolute atomic E-state index is 13.0. The summed E-state index contributed by atoms with van der Waals surface area (Å²) in [5.41, 5.74) is 1.77. The maximum Gasteiger partial charge on any atom is 0.308 e. The van der Waals surface area contributed by atoms with Crippen LogP contribution in [0.1, 0.15) is 11.3 Å². The van der Waals surface area contributed by atoms with Crippen LogP contribution < -0.4 is 4.31 Å². The van der Waals surface area contributed by atoms with E-state index in [1.807, 2.05) is 0 Å². The number of fused-ring (bicyclic) bond motifs is 1. The number of hydrogen-bond donors (Lipinski definition) is 1. The molecule has 23 heavy (non-hydrogen) atoms. The molecular formula is C15H17N3O4S. The van der Waals surface area contributed by atoms with Gasteiger partial charge in [-0.05, 0) is 25.0 Å². The number of carboxylic acid groups (broad SMARTS) is 1. The molecule has 0 radical (unpaired) electrons. The van der Waals surface area contributed by atoms with E-state index in [2.05, 4.69) is 5.10 Å². The van der Waals surface area contributed by atoms with Gasteiger partial charge in [0, 0.05) is 13.6 Å². The van der Waals surface area contributed by atoms with Gasteiger partial charge in [-0.1, -0.05) is 18.2 Å². The van der Waals surface area contributed by atoms with E-state index in [-0.39, 0.29) is 11.4 Å². The van der Waals surface area contributed by atoms with Gasteiger partial charge in [0.25, 0.3) is 10.0 Å². The first kappa shape index (κ1) is 15.5. The summed E-state index contributed by atoms with van der Waals surface area (Å²) < 4.78 is 28.7. The summed E-state index contributed by atoms with van der Waals surface area (Å²) >= 11 is 0. The predicted molar refractivity (Wildman–Crippen MR) is 83.7 cm³/mol. The highest BCUT2D eigenvalue weighted by atomic mass is 32.2. The SMILES string of the molecule is Cc1c(S(=O)(=O)N2CC(C(=O)O)Cc3ccccc32)cnn1C. The maximum atomic E-state index is 13.0. The highest BCUT2D eigenvalue weighted by Crippen LogP contribution is 2.34. The lowest BCUT2D eigenvalue weighted by atomic mass is 9.94. The number of hydrogen-bond acceptors (Lipinski definition) is 4. The molecule has 122 valence electrons. The van der Waals surface area contributed by atoms with E-state index in [1.165, 1.54) is 15.2 Å². The minimum atomic E-state index is -3.87. The monoisotopic (exact) mass is 335 g/mol. The number of sulfonamides is 1. The number of anilines is 1. The van der Waals surface area contributed by atoms with Gasteiger partial charge in [-0.3, -0.25) is 13.8 Å². The lowest BCUT2D eigenvalue weighted by Gasteiger charge is -2.33. The van der Waals surface area contributed by atoms with Crippen LogP contribution >= 0.6 is 0 Å². The van der Waals surface area contributed by atoms with Gasteiger partial charge in [-0.15, -0.1) is 0 Å². The van der Waals surface area contributed by atoms with E-state index in [1.54, 1.807) is 38.2 Å². The first-order valence-corrected chi connectivity index (χ1v) is 8.58. The molecule has 0 saturated carbocycles. The molecule has 0 bridgehead atoms. The Bertz CT molecular complexity index is 873. The average molecular weight is 335 g/mol. The minimum absolute atomic E-state index is 0.0803. The number of carbonyl (C=O) groups is 1. The van der Waals surface area contributed by atoms with E-state index in [9.17, 15) is 18.3 Å². The first-order valence-electron chi connectivity index (χ1n) is 7.14. The van der Waals surface area contributed by atoms with E-state index in [0.717, 1.165) is 5.56 Å². The second kappa shape index (κ2) is 5.38. The number of aromatic nitrogens is 2. The smallest absolute Gasteiger partial charge is 0.308 e. The molecule has 0 fully saturated rings. The Morgan fingerprint density at radius 3 is 2.65 bits per heavy atom. The molecule has 7 nitrogen and oxygen atoms in total. The zero-order valence-corrected chi connectivity index (χ0v) is 13.6. The van der Waals surface area contributed by atoms with E-state index in [0.29, 0.717) is 17.8 Å². The third kappa shape index (κ3) is 2.48. The number of carboxylic acids is 1. The van der Waals surface area contributed by atoms with Gasteiger partial charge >= 0.3 is 5.97 Å². The fourth-order valence-electron chi connectivity index (χ4n) is 2.80. The molecule has 0 saturated heterocycles. The summed E-state index contributed by atoms with van der Waals surface area (Å²) in [5.74, 6) is -1.76. The predicted octanol–water partition coefficient (Wildman–Crippen LogP) is 1.18. The summed E-state index contributed by atoms with van der Waals surface area (Å²) in [6, 6.07) is 7.00. The summed E-state index contributed by atoms with van der Waals surface area (Å²) in [4.78, 5) is 11.5. The minimum Gasteiger partial charge on any atom is -0.481 e. The molecule has 3 rings (SSSR count). The lowest BCUT2D eigenvalue weighted by Crippen LogP contribution is -2.42. The topological polar surface area (TPSA) is 92.5 Å². The Morgan fingerprint density at radius 2 is 2.04 bits per heavy atom. The van der Waals surface area contributed by atoms with Gasteiger partial charge in [0.1, 0.15) is 4.90 Å². The lowest BCUT2D eigenvalue weighted by molar-refractivity contribution is -0.141. The molecule has 1 aromatic heterocycles. The molecule has 2 aromatic rings. The molecule has 8 heteroatoms. The van der Waals surface area contributed by atoms with Crippen molar-refractivity contribution < 1.29 is 18.3 Å². The van der Waals surface area contributed by atoms with Gasteiger partial charge in [0.2, 0.25) is 0 Å². The molecule has 0 aliphatic carbocycles. The molecule has 1 aliphatic heterocycles. The first-order chi connectivity index (χ1) is 10.8. The highest BCUT2D eigenvalue weighted by Gasteiger charge is 2.37. The third-order valence-corrected chi connectivity index (χ3v) is 6.10. The second-order valence-electron chi connectivity index (χ2n) is 5.62. The van der Waals surface area contributed by atoms with Gasteiger partial charge in [-0.2, -0.15) is 5.10 Å². The quantitative estimate of drug-likeness (QED) is 0.909. The van der Waals surface area contributed by atoms with Crippen molar-refractivity contribution in [3.05, 3.63) is 41.7 Å². The Labute approximate surface area is 134 Å². The van der Waals surface area contributed by atoms with Crippen LogP contribution in [-0.2, 0) is 28.3 Å². The van der Waals surface area contributed by atoms with Crippen molar-refractivity contribution in [1.29, 1.82) is 0 Å². The number of para-hydroxylation sites is 1. The number of benzene rings is 1. The Kier molecular flexibility index (Phi) is 3.63. The van der Waals surface area contributed by atoms with Crippen molar-refractivity contribution in [3.63, 3.8) is 0 Å². The summed E-state index contributed by atoms with van der Waals surface area (Å²) in [6.07, 6.45) is 1.63. The van der Waals surface area contributed by atoms with Crippen molar-refractivity contribution in [2.45, 2.75) is 18.2 Å². The molecule has 1 atom stereocenters. The second-order valence-corrected chi connectivity index (χ2v) is 7.45. The van der Waals surface area contributed by atoms with Crippen LogP contribution in [0.3, 0.4) is 0 Å². The fraction of sp³-hybridized carbons (Fsp3) is 0.333. The summed E-state index contributed by atoms with van der Waals surface area (Å²) in [6.45, 7) is 1.59. The van der Waals surface area contributed by atoms with Crippen molar-refractivity contribution in [3.8, 4) is 0 Å². The molecule has 1 N–H and O–H groups in total. The normalized spacial score (nSPS) is 17.8. The number of aliphatic carboxylic acids is 1. The number of nitrogens with zero attached hydrogens (tertiary/aromatic N) is 3. The van der Waals surface area contributed by atoms with Crippen LogP contribution in [0.4, 0.5) is 5.69 Å².